The van der Waals surface area contributed by atoms with Gasteiger partial charge in [-0.25, -0.2) is 0 Å². The van der Waals surface area contributed by atoms with E-state index in [0.717, 1.165) is 18.7 Å². The van der Waals surface area contributed by atoms with Gasteiger partial charge in [-0.05, 0) is 31.5 Å². The highest BCUT2D eigenvalue weighted by atomic mass is 16.1. The molecule has 0 saturated heterocycles. The molecule has 0 fully saturated rings. The van der Waals surface area contributed by atoms with Gasteiger partial charge in [0.15, 0.2) is 0 Å². The summed E-state index contributed by atoms with van der Waals surface area (Å²) in [7, 11) is 0. The fourth-order valence-corrected chi connectivity index (χ4v) is 1.67. The summed E-state index contributed by atoms with van der Waals surface area (Å²) in [5, 5.41) is 4.15. The third kappa shape index (κ3) is 2.41. The van der Waals surface area contributed by atoms with Crippen LogP contribution in [0.15, 0.2) is 30.6 Å². The monoisotopic (exact) mass is 229 g/mol. The van der Waals surface area contributed by atoms with Gasteiger partial charge in [-0.15, -0.1) is 0 Å². The Balaban J connectivity index is 2.30. The Morgan fingerprint density at radius 3 is 2.82 bits per heavy atom. The van der Waals surface area contributed by atoms with Crippen molar-refractivity contribution >= 4 is 5.78 Å². The smallest absolute Gasteiger partial charge is 0.212 e. The van der Waals surface area contributed by atoms with E-state index in [0.29, 0.717) is 11.3 Å². The van der Waals surface area contributed by atoms with E-state index in [-0.39, 0.29) is 5.78 Å². The molecule has 0 atom stereocenters. The Bertz CT molecular complexity index is 514. The number of nitrogens with zero attached hydrogens (tertiary/aromatic N) is 3. The second-order valence-electron chi connectivity index (χ2n) is 3.96. The SMILES string of the molecule is CCCn1nccc1C(=O)c1ccc(C)nc1. The second-order valence-corrected chi connectivity index (χ2v) is 3.96. The largest absolute Gasteiger partial charge is 0.287 e. The van der Waals surface area contributed by atoms with Crippen LogP contribution >= 0.6 is 0 Å². The predicted octanol–water partition coefficient (Wildman–Crippen LogP) is 2.23. The number of ketones is 1. The zero-order chi connectivity index (χ0) is 12.3. The summed E-state index contributed by atoms with van der Waals surface area (Å²) in [6, 6.07) is 5.39. The van der Waals surface area contributed by atoms with Crippen molar-refractivity contribution in [1.82, 2.24) is 14.8 Å². The molecule has 2 rings (SSSR count). The van der Waals surface area contributed by atoms with Crippen molar-refractivity contribution in [2.24, 2.45) is 0 Å². The first-order valence-corrected chi connectivity index (χ1v) is 5.71. The van der Waals surface area contributed by atoms with Gasteiger partial charge in [0.05, 0.1) is 0 Å². The zero-order valence-electron chi connectivity index (χ0n) is 10.1. The third-order valence-electron chi connectivity index (χ3n) is 2.56. The van der Waals surface area contributed by atoms with Crippen molar-refractivity contribution in [3.63, 3.8) is 0 Å². The molecule has 0 amide bonds. The molecule has 0 spiro atoms. The molecule has 0 aliphatic heterocycles. The average molecular weight is 229 g/mol. The summed E-state index contributed by atoms with van der Waals surface area (Å²) in [4.78, 5) is 16.3. The first-order chi connectivity index (χ1) is 8.22. The molecule has 4 nitrogen and oxygen atoms in total. The van der Waals surface area contributed by atoms with Gasteiger partial charge in [0.2, 0.25) is 5.78 Å². The quantitative estimate of drug-likeness (QED) is 0.755. The lowest BCUT2D eigenvalue weighted by molar-refractivity contribution is 0.102. The van der Waals surface area contributed by atoms with E-state index >= 15 is 0 Å². The minimum Gasteiger partial charge on any atom is -0.287 e. The maximum Gasteiger partial charge on any atom is 0.212 e. The highest BCUT2D eigenvalue weighted by molar-refractivity contribution is 6.07. The van der Waals surface area contributed by atoms with Gasteiger partial charge < -0.3 is 0 Å². The van der Waals surface area contributed by atoms with Crippen LogP contribution in [0.5, 0.6) is 0 Å². The van der Waals surface area contributed by atoms with E-state index in [9.17, 15) is 4.79 Å². The van der Waals surface area contributed by atoms with Crippen LogP contribution in [0.25, 0.3) is 0 Å². The van der Waals surface area contributed by atoms with Gasteiger partial charge in [0.25, 0.3) is 0 Å². The Morgan fingerprint density at radius 2 is 2.18 bits per heavy atom. The van der Waals surface area contributed by atoms with Crippen LogP contribution in [0.4, 0.5) is 0 Å². The summed E-state index contributed by atoms with van der Waals surface area (Å²) in [5.41, 5.74) is 2.13. The lowest BCUT2D eigenvalue weighted by Gasteiger charge is -2.05. The number of pyridine rings is 1. The van der Waals surface area contributed by atoms with Crippen LogP contribution in [0.2, 0.25) is 0 Å². The number of carbonyl (C=O) groups is 1. The van der Waals surface area contributed by atoms with Crippen LogP contribution in [-0.4, -0.2) is 20.5 Å². The van der Waals surface area contributed by atoms with Crippen molar-refractivity contribution < 1.29 is 4.79 Å². The molecule has 88 valence electrons. The maximum absolute atomic E-state index is 12.2. The third-order valence-corrected chi connectivity index (χ3v) is 2.56. The van der Waals surface area contributed by atoms with Crippen LogP contribution in [0.3, 0.4) is 0 Å². The lowest BCUT2D eigenvalue weighted by Crippen LogP contribution is -2.11. The molecule has 0 aromatic carbocycles. The molecule has 0 aliphatic carbocycles. The van der Waals surface area contributed by atoms with Crippen molar-refractivity contribution in [3.8, 4) is 0 Å². The fourth-order valence-electron chi connectivity index (χ4n) is 1.67. The number of aromatic nitrogens is 3. The van der Waals surface area contributed by atoms with Crippen molar-refractivity contribution in [3.05, 3.63) is 47.5 Å². The second kappa shape index (κ2) is 4.91. The summed E-state index contributed by atoms with van der Waals surface area (Å²) < 4.78 is 1.74. The van der Waals surface area contributed by atoms with Crippen LogP contribution in [0.1, 0.15) is 35.1 Å². The van der Waals surface area contributed by atoms with E-state index in [1.54, 1.807) is 29.2 Å². The normalized spacial score (nSPS) is 10.5. The number of hydrogen-bond acceptors (Lipinski definition) is 3. The number of carbonyl (C=O) groups excluding carboxylic acids is 1. The van der Waals surface area contributed by atoms with E-state index in [4.69, 9.17) is 0 Å². The molecule has 2 heterocycles. The minimum absolute atomic E-state index is 0.0246. The number of rotatable bonds is 4. The summed E-state index contributed by atoms with van der Waals surface area (Å²) >= 11 is 0. The Labute approximate surface area is 100 Å². The summed E-state index contributed by atoms with van der Waals surface area (Å²) in [6.07, 6.45) is 4.22. The van der Waals surface area contributed by atoms with Crippen molar-refractivity contribution in [2.45, 2.75) is 26.8 Å². The van der Waals surface area contributed by atoms with E-state index in [1.807, 2.05) is 13.0 Å². The number of aryl methyl sites for hydroxylation is 2. The lowest BCUT2D eigenvalue weighted by atomic mass is 10.1. The highest BCUT2D eigenvalue weighted by Crippen LogP contribution is 2.09. The van der Waals surface area contributed by atoms with Crippen molar-refractivity contribution in [2.75, 3.05) is 0 Å². The fraction of sp³-hybridized carbons (Fsp3) is 0.308. The Hall–Kier alpha value is -1.97. The van der Waals surface area contributed by atoms with Gasteiger partial charge in [-0.1, -0.05) is 6.92 Å². The number of hydrogen-bond donors (Lipinski definition) is 0. The molecule has 0 N–H and O–H groups in total. The van der Waals surface area contributed by atoms with Crippen LogP contribution in [0, 0.1) is 6.92 Å². The molecule has 2 aromatic heterocycles. The van der Waals surface area contributed by atoms with Crippen LogP contribution in [-0.2, 0) is 6.54 Å². The van der Waals surface area contributed by atoms with Gasteiger partial charge in [0, 0.05) is 30.2 Å². The summed E-state index contributed by atoms with van der Waals surface area (Å²) in [6.45, 7) is 4.71. The van der Waals surface area contributed by atoms with E-state index in [1.165, 1.54) is 0 Å². The molecule has 0 saturated carbocycles. The van der Waals surface area contributed by atoms with E-state index in [2.05, 4.69) is 17.0 Å². The predicted molar refractivity (Wildman–Crippen MR) is 64.9 cm³/mol. The molecule has 0 aliphatic rings. The standard InChI is InChI=1S/C13H15N3O/c1-3-8-16-12(6-7-15-16)13(17)11-5-4-10(2)14-9-11/h4-7,9H,3,8H2,1-2H3. The van der Waals surface area contributed by atoms with Gasteiger partial charge >= 0.3 is 0 Å². The molecule has 2 aromatic rings. The average Bonchev–Trinajstić information content (AvgIpc) is 2.78. The zero-order valence-corrected chi connectivity index (χ0v) is 10.1. The molecular weight excluding hydrogens is 214 g/mol. The van der Waals surface area contributed by atoms with Gasteiger partial charge in [-0.3, -0.25) is 14.5 Å². The maximum atomic E-state index is 12.2. The Kier molecular flexibility index (Phi) is 3.32. The Morgan fingerprint density at radius 1 is 1.35 bits per heavy atom. The molecule has 17 heavy (non-hydrogen) atoms. The van der Waals surface area contributed by atoms with Gasteiger partial charge in [-0.2, -0.15) is 5.10 Å². The molecule has 0 radical (unpaired) electrons. The van der Waals surface area contributed by atoms with Crippen LogP contribution < -0.4 is 0 Å². The van der Waals surface area contributed by atoms with Crippen molar-refractivity contribution in [1.29, 1.82) is 0 Å². The topological polar surface area (TPSA) is 47.8 Å². The minimum atomic E-state index is -0.0246. The summed E-state index contributed by atoms with van der Waals surface area (Å²) in [5.74, 6) is -0.0246. The molecule has 0 unspecified atom stereocenters. The molecule has 0 bridgehead atoms. The first kappa shape index (κ1) is 11.5. The molecule has 4 heteroatoms. The van der Waals surface area contributed by atoms with Gasteiger partial charge in [0.1, 0.15) is 5.69 Å². The highest BCUT2D eigenvalue weighted by Gasteiger charge is 2.13. The first-order valence-electron chi connectivity index (χ1n) is 5.71. The molecular formula is C13H15N3O. The van der Waals surface area contributed by atoms with E-state index < -0.39 is 0 Å².